The number of hydrogen-bond acceptors (Lipinski definition) is 3. The third kappa shape index (κ3) is 6.38. The van der Waals surface area contributed by atoms with E-state index in [9.17, 15) is 9.59 Å². The summed E-state index contributed by atoms with van der Waals surface area (Å²) in [5.41, 5.74) is 2.24. The average molecular weight is 386 g/mol. The molecule has 0 bridgehead atoms. The van der Waals surface area contributed by atoms with Gasteiger partial charge in [-0.05, 0) is 55.6 Å². The normalized spacial score (nSPS) is 13.2. The van der Waals surface area contributed by atoms with E-state index in [1.807, 2.05) is 24.3 Å². The molecule has 0 radical (unpaired) electrons. The van der Waals surface area contributed by atoms with Crippen molar-refractivity contribution >= 4 is 29.1 Å². The number of carbonyl (C=O) groups excluding carboxylic acids is 2. The summed E-state index contributed by atoms with van der Waals surface area (Å²) in [6.07, 6.45) is 3.60. The second kappa shape index (κ2) is 9.53. The molecule has 142 valence electrons. The Morgan fingerprint density at radius 1 is 1.07 bits per heavy atom. The van der Waals surface area contributed by atoms with Crippen molar-refractivity contribution in [3.8, 4) is 0 Å². The Labute approximate surface area is 164 Å². The lowest BCUT2D eigenvalue weighted by Crippen LogP contribution is -2.26. The summed E-state index contributed by atoms with van der Waals surface area (Å²) in [5, 5.41) is 9.63. The molecule has 2 aromatic carbocycles. The third-order valence-electron chi connectivity index (χ3n) is 4.33. The molecule has 3 N–H and O–H groups in total. The summed E-state index contributed by atoms with van der Waals surface area (Å²) < 4.78 is 0. The molecule has 0 heterocycles. The summed E-state index contributed by atoms with van der Waals surface area (Å²) in [7, 11) is 0. The lowest BCUT2D eigenvalue weighted by Gasteiger charge is -2.09. The zero-order valence-corrected chi connectivity index (χ0v) is 15.9. The monoisotopic (exact) mass is 385 g/mol. The molecular weight excluding hydrogens is 362 g/mol. The van der Waals surface area contributed by atoms with E-state index in [1.165, 1.54) is 0 Å². The highest BCUT2D eigenvalue weighted by Crippen LogP contribution is 2.19. The molecule has 1 aliphatic carbocycles. The molecule has 6 heteroatoms. The summed E-state index contributed by atoms with van der Waals surface area (Å²) in [4.78, 5) is 24.0. The minimum atomic E-state index is -0.229. The highest BCUT2D eigenvalue weighted by atomic mass is 35.5. The quantitative estimate of drug-likeness (QED) is 0.576. The summed E-state index contributed by atoms with van der Waals surface area (Å²) >= 11 is 6.07. The Hall–Kier alpha value is -2.37. The lowest BCUT2D eigenvalue weighted by atomic mass is 10.1. The first-order chi connectivity index (χ1) is 13.1. The van der Waals surface area contributed by atoms with E-state index >= 15 is 0 Å². The molecular formula is C21H24ClN3O2. The zero-order valence-electron chi connectivity index (χ0n) is 15.1. The summed E-state index contributed by atoms with van der Waals surface area (Å²) in [6.45, 7) is 1.45. The predicted molar refractivity (Wildman–Crippen MR) is 108 cm³/mol. The van der Waals surface area contributed by atoms with Gasteiger partial charge in [0.05, 0.1) is 10.6 Å². The van der Waals surface area contributed by atoms with Crippen LogP contribution in [-0.2, 0) is 11.3 Å². The van der Waals surface area contributed by atoms with Crippen molar-refractivity contribution in [2.75, 3.05) is 11.9 Å². The van der Waals surface area contributed by atoms with Crippen LogP contribution in [0.1, 0.15) is 41.6 Å². The topological polar surface area (TPSA) is 70.2 Å². The van der Waals surface area contributed by atoms with Gasteiger partial charge in [0.15, 0.2) is 0 Å². The molecule has 5 nitrogen and oxygen atoms in total. The second-order valence-electron chi connectivity index (χ2n) is 6.76. The van der Waals surface area contributed by atoms with Crippen LogP contribution in [0.25, 0.3) is 0 Å². The fourth-order valence-electron chi connectivity index (χ4n) is 2.74. The van der Waals surface area contributed by atoms with Crippen molar-refractivity contribution in [2.24, 2.45) is 0 Å². The molecule has 1 saturated carbocycles. The highest BCUT2D eigenvalue weighted by Gasteiger charge is 2.22. The van der Waals surface area contributed by atoms with E-state index in [4.69, 9.17) is 11.6 Å². The maximum Gasteiger partial charge on any atom is 0.257 e. The Morgan fingerprint density at radius 2 is 1.89 bits per heavy atom. The molecule has 1 fully saturated rings. The molecule has 27 heavy (non-hydrogen) atoms. The molecule has 0 aromatic heterocycles. The molecule has 1 aliphatic rings. The van der Waals surface area contributed by atoms with Crippen LogP contribution in [0.4, 0.5) is 5.69 Å². The van der Waals surface area contributed by atoms with Gasteiger partial charge in [0.2, 0.25) is 5.91 Å². The number of hydrogen-bond donors (Lipinski definition) is 3. The highest BCUT2D eigenvalue weighted by molar-refractivity contribution is 6.34. The lowest BCUT2D eigenvalue weighted by molar-refractivity contribution is -0.121. The van der Waals surface area contributed by atoms with Crippen LogP contribution < -0.4 is 16.0 Å². The second-order valence-corrected chi connectivity index (χ2v) is 7.16. The smallest absolute Gasteiger partial charge is 0.257 e. The average Bonchev–Trinajstić information content (AvgIpc) is 3.46. The van der Waals surface area contributed by atoms with Crippen LogP contribution in [0.3, 0.4) is 0 Å². The van der Waals surface area contributed by atoms with Crippen molar-refractivity contribution in [3.63, 3.8) is 0 Å². The number of benzene rings is 2. The molecule has 2 aromatic rings. The molecule has 3 rings (SSSR count). The van der Waals surface area contributed by atoms with Gasteiger partial charge in [0.1, 0.15) is 0 Å². The van der Waals surface area contributed by atoms with Gasteiger partial charge in [-0.25, -0.2) is 0 Å². The van der Waals surface area contributed by atoms with Crippen LogP contribution in [0.2, 0.25) is 5.02 Å². The first-order valence-corrected chi connectivity index (χ1v) is 9.64. The van der Waals surface area contributed by atoms with Crippen molar-refractivity contribution in [1.82, 2.24) is 10.6 Å². The van der Waals surface area contributed by atoms with Gasteiger partial charge in [-0.3, -0.25) is 9.59 Å². The van der Waals surface area contributed by atoms with Gasteiger partial charge >= 0.3 is 0 Å². The van der Waals surface area contributed by atoms with Gasteiger partial charge in [0.25, 0.3) is 5.91 Å². The van der Waals surface area contributed by atoms with Crippen LogP contribution in [0, 0.1) is 0 Å². The largest absolute Gasteiger partial charge is 0.353 e. The molecule has 0 unspecified atom stereocenters. The third-order valence-corrected chi connectivity index (χ3v) is 4.66. The molecule has 0 saturated heterocycles. The Kier molecular flexibility index (Phi) is 6.85. The van der Waals surface area contributed by atoms with Gasteiger partial charge in [0, 0.05) is 24.7 Å². The Balaban J connectivity index is 1.42. The zero-order chi connectivity index (χ0) is 19.1. The van der Waals surface area contributed by atoms with Crippen LogP contribution in [-0.4, -0.2) is 24.4 Å². The van der Waals surface area contributed by atoms with E-state index < -0.39 is 0 Å². The Bertz CT molecular complexity index is 806. The van der Waals surface area contributed by atoms with Gasteiger partial charge < -0.3 is 16.0 Å². The van der Waals surface area contributed by atoms with E-state index in [0.717, 1.165) is 37.1 Å². The minimum absolute atomic E-state index is 0.142. The standard InChI is InChI=1S/C21H24ClN3O2/c22-19-8-2-1-7-18(19)21(27)25-17-6-3-5-15(13-17)14-23-12-4-9-20(26)24-16-10-11-16/h1-3,5-8,13,16,23H,4,9-12,14H2,(H,24,26)(H,25,27). The van der Waals surface area contributed by atoms with E-state index in [0.29, 0.717) is 29.6 Å². The number of halogens is 1. The first kappa shape index (κ1) is 19.4. The molecule has 0 aliphatic heterocycles. The van der Waals surface area contributed by atoms with Crippen molar-refractivity contribution in [3.05, 3.63) is 64.7 Å². The van der Waals surface area contributed by atoms with E-state index in [-0.39, 0.29) is 11.8 Å². The number of nitrogens with one attached hydrogen (secondary N) is 3. The number of amides is 2. The van der Waals surface area contributed by atoms with Gasteiger partial charge in [-0.2, -0.15) is 0 Å². The maximum atomic E-state index is 12.3. The predicted octanol–water partition coefficient (Wildman–Crippen LogP) is 3.74. The number of anilines is 1. The van der Waals surface area contributed by atoms with Crippen LogP contribution in [0.15, 0.2) is 48.5 Å². The van der Waals surface area contributed by atoms with Crippen molar-refractivity contribution < 1.29 is 9.59 Å². The minimum Gasteiger partial charge on any atom is -0.353 e. The van der Waals surface area contributed by atoms with Crippen LogP contribution >= 0.6 is 11.6 Å². The van der Waals surface area contributed by atoms with Crippen molar-refractivity contribution in [1.29, 1.82) is 0 Å². The van der Waals surface area contributed by atoms with E-state index in [1.54, 1.807) is 24.3 Å². The number of carbonyl (C=O) groups is 2. The molecule has 2 amide bonds. The van der Waals surface area contributed by atoms with Crippen molar-refractivity contribution in [2.45, 2.75) is 38.3 Å². The molecule has 0 atom stereocenters. The fourth-order valence-corrected chi connectivity index (χ4v) is 2.96. The Morgan fingerprint density at radius 3 is 2.67 bits per heavy atom. The summed E-state index contributed by atoms with van der Waals surface area (Å²) in [6, 6.07) is 15.1. The van der Waals surface area contributed by atoms with E-state index in [2.05, 4.69) is 16.0 Å². The number of rotatable bonds is 9. The molecule has 0 spiro atoms. The first-order valence-electron chi connectivity index (χ1n) is 9.27. The fraction of sp³-hybridized carbons (Fsp3) is 0.333. The SMILES string of the molecule is O=C(CCCNCc1cccc(NC(=O)c2ccccc2Cl)c1)NC1CC1. The maximum absolute atomic E-state index is 12.3. The van der Waals surface area contributed by atoms with Crippen LogP contribution in [0.5, 0.6) is 0 Å². The summed E-state index contributed by atoms with van der Waals surface area (Å²) in [5.74, 6) is -0.0871. The van der Waals surface area contributed by atoms with Gasteiger partial charge in [-0.15, -0.1) is 0 Å². The van der Waals surface area contributed by atoms with Gasteiger partial charge in [-0.1, -0.05) is 35.9 Å².